The van der Waals surface area contributed by atoms with Crippen molar-refractivity contribution in [2.24, 2.45) is 4.99 Å². The maximum absolute atomic E-state index is 5.94. The molecular formula is C9H12ClN5O. The summed E-state index contributed by atoms with van der Waals surface area (Å²) in [5.74, 6) is 0.761. The maximum Gasteiger partial charge on any atom is 0.198 e. The molecule has 16 heavy (non-hydrogen) atoms. The summed E-state index contributed by atoms with van der Waals surface area (Å²) in [6, 6.07) is 0. The number of fused-ring (bicyclic) bond motifs is 1. The Labute approximate surface area is 97.7 Å². The Kier molecular flexibility index (Phi) is 2.55. The molecule has 1 aromatic heterocycles. The van der Waals surface area contributed by atoms with Gasteiger partial charge in [-0.3, -0.25) is 4.90 Å². The summed E-state index contributed by atoms with van der Waals surface area (Å²) in [4.78, 5) is 13.9. The van der Waals surface area contributed by atoms with Gasteiger partial charge in [0, 0.05) is 13.1 Å². The van der Waals surface area contributed by atoms with E-state index in [1.54, 1.807) is 6.33 Å². The van der Waals surface area contributed by atoms with E-state index in [4.69, 9.17) is 16.3 Å². The molecule has 1 unspecified atom stereocenters. The van der Waals surface area contributed by atoms with Gasteiger partial charge >= 0.3 is 0 Å². The number of ether oxygens (including phenoxy) is 1. The van der Waals surface area contributed by atoms with Gasteiger partial charge in [-0.15, -0.1) is 0 Å². The molecular weight excluding hydrogens is 230 g/mol. The third-order valence-electron chi connectivity index (χ3n) is 2.78. The maximum atomic E-state index is 5.94. The molecule has 2 N–H and O–H groups in total. The van der Waals surface area contributed by atoms with Crippen molar-refractivity contribution in [1.29, 1.82) is 0 Å². The molecule has 86 valence electrons. The number of aliphatic imine (C=N–C) groups is 1. The molecule has 0 aromatic carbocycles. The summed E-state index contributed by atoms with van der Waals surface area (Å²) in [7, 11) is 0. The molecule has 1 aromatic rings. The van der Waals surface area contributed by atoms with E-state index in [2.05, 4.69) is 25.2 Å². The Morgan fingerprint density at radius 3 is 3.06 bits per heavy atom. The van der Waals surface area contributed by atoms with Gasteiger partial charge in [-0.1, -0.05) is 0 Å². The Hall–Kier alpha value is -1.11. The van der Waals surface area contributed by atoms with Crippen LogP contribution < -0.4 is 5.32 Å². The fourth-order valence-electron chi connectivity index (χ4n) is 1.99. The van der Waals surface area contributed by atoms with Crippen molar-refractivity contribution in [1.82, 2.24) is 14.9 Å². The average molecular weight is 242 g/mol. The highest BCUT2D eigenvalue weighted by molar-refractivity contribution is 6.67. The Morgan fingerprint density at radius 1 is 1.44 bits per heavy atom. The van der Waals surface area contributed by atoms with E-state index >= 15 is 0 Å². The fourth-order valence-corrected chi connectivity index (χ4v) is 2.17. The normalized spacial score (nSPS) is 25.8. The number of nitrogens with one attached hydrogen (secondary N) is 2. The molecule has 2 aliphatic rings. The van der Waals surface area contributed by atoms with Crippen LogP contribution in [0, 0.1) is 0 Å². The molecule has 2 aliphatic heterocycles. The minimum absolute atomic E-state index is 0.0739. The van der Waals surface area contributed by atoms with E-state index < -0.39 is 0 Å². The average Bonchev–Trinajstić information content (AvgIpc) is 2.77. The van der Waals surface area contributed by atoms with Crippen LogP contribution in [0.15, 0.2) is 11.3 Å². The number of nitrogens with zero attached hydrogens (tertiary/aromatic N) is 3. The van der Waals surface area contributed by atoms with Crippen molar-refractivity contribution in [3.8, 4) is 0 Å². The number of aromatic nitrogens is 2. The largest absolute Gasteiger partial charge is 0.379 e. The molecule has 7 heteroatoms. The standard InChI is InChI=1S/C9H12ClN5O/c10-9-13-7-6(11-5-12-7)8(14-9)15-1-3-16-4-2-15/h5,8H,1-4H2,(H,11,12)(H,13,14). The Bertz CT molecular complexity index is 412. The lowest BCUT2D eigenvalue weighted by Crippen LogP contribution is -2.40. The number of anilines is 1. The topological polar surface area (TPSA) is 65.5 Å². The van der Waals surface area contributed by atoms with Crippen LogP contribution in [0.25, 0.3) is 0 Å². The van der Waals surface area contributed by atoms with Crippen molar-refractivity contribution >= 4 is 22.7 Å². The first-order chi connectivity index (χ1) is 7.84. The lowest BCUT2D eigenvalue weighted by molar-refractivity contribution is 0.0171. The van der Waals surface area contributed by atoms with Gasteiger partial charge in [-0.25, -0.2) is 9.98 Å². The second-order valence-electron chi connectivity index (χ2n) is 3.73. The summed E-state index contributed by atoms with van der Waals surface area (Å²) in [6.07, 6.45) is 1.57. The van der Waals surface area contributed by atoms with E-state index in [0.717, 1.165) is 37.8 Å². The summed E-state index contributed by atoms with van der Waals surface area (Å²) >= 11 is 5.94. The van der Waals surface area contributed by atoms with Gasteiger partial charge in [-0.2, -0.15) is 0 Å². The molecule has 1 fully saturated rings. The van der Waals surface area contributed by atoms with Gasteiger partial charge in [0.2, 0.25) is 0 Å². The monoisotopic (exact) mass is 241 g/mol. The van der Waals surface area contributed by atoms with E-state index in [-0.39, 0.29) is 6.17 Å². The molecule has 0 bridgehead atoms. The first kappa shape index (κ1) is 10.1. The molecule has 3 rings (SSSR count). The van der Waals surface area contributed by atoms with Crippen molar-refractivity contribution in [2.75, 3.05) is 31.6 Å². The highest BCUT2D eigenvalue weighted by atomic mass is 35.5. The second kappa shape index (κ2) is 4.04. The van der Waals surface area contributed by atoms with Crippen LogP contribution in [-0.2, 0) is 4.74 Å². The lowest BCUT2D eigenvalue weighted by atomic mass is 10.2. The van der Waals surface area contributed by atoms with Crippen LogP contribution >= 0.6 is 11.6 Å². The van der Waals surface area contributed by atoms with Crippen LogP contribution in [0.5, 0.6) is 0 Å². The van der Waals surface area contributed by atoms with Crippen molar-refractivity contribution < 1.29 is 4.74 Å². The number of halogens is 1. The number of aromatic amines is 1. The summed E-state index contributed by atoms with van der Waals surface area (Å²) in [5.41, 5.74) is 0.964. The molecule has 0 amide bonds. The van der Waals surface area contributed by atoms with E-state index in [9.17, 15) is 0 Å². The molecule has 3 heterocycles. The van der Waals surface area contributed by atoms with Crippen molar-refractivity contribution in [3.05, 3.63) is 12.0 Å². The zero-order chi connectivity index (χ0) is 11.0. The molecule has 0 radical (unpaired) electrons. The molecule has 1 saturated heterocycles. The minimum atomic E-state index is -0.0739. The fraction of sp³-hybridized carbons (Fsp3) is 0.556. The quantitative estimate of drug-likeness (QED) is 0.713. The van der Waals surface area contributed by atoms with Gasteiger partial charge < -0.3 is 15.0 Å². The predicted molar refractivity (Wildman–Crippen MR) is 60.6 cm³/mol. The van der Waals surface area contributed by atoms with Gasteiger partial charge in [-0.05, 0) is 11.6 Å². The highest BCUT2D eigenvalue weighted by Gasteiger charge is 2.29. The van der Waals surface area contributed by atoms with Gasteiger partial charge in [0.25, 0.3) is 0 Å². The Balaban J connectivity index is 1.90. The van der Waals surface area contributed by atoms with Crippen LogP contribution in [0.2, 0.25) is 0 Å². The SMILES string of the molecule is ClC1=NC(N2CCOCC2)c2[nH]cnc2N1. The molecule has 0 spiro atoms. The number of rotatable bonds is 1. The van der Waals surface area contributed by atoms with Gasteiger partial charge in [0.05, 0.1) is 25.2 Å². The zero-order valence-corrected chi connectivity index (χ0v) is 9.37. The molecule has 0 aliphatic carbocycles. The number of morpholine rings is 1. The first-order valence-electron chi connectivity index (χ1n) is 5.20. The smallest absolute Gasteiger partial charge is 0.198 e. The van der Waals surface area contributed by atoms with E-state index in [0.29, 0.717) is 5.29 Å². The van der Waals surface area contributed by atoms with Crippen molar-refractivity contribution in [3.63, 3.8) is 0 Å². The lowest BCUT2D eigenvalue weighted by Gasteiger charge is -2.33. The van der Waals surface area contributed by atoms with Crippen LogP contribution in [0.1, 0.15) is 11.9 Å². The number of imidazole rings is 1. The number of hydrogen-bond acceptors (Lipinski definition) is 5. The molecule has 6 nitrogen and oxygen atoms in total. The van der Waals surface area contributed by atoms with Crippen LogP contribution in [-0.4, -0.2) is 46.5 Å². The predicted octanol–water partition coefficient (Wildman–Crippen LogP) is 0.761. The second-order valence-corrected chi connectivity index (χ2v) is 4.09. The molecule has 1 atom stereocenters. The van der Waals surface area contributed by atoms with E-state index in [1.807, 2.05) is 0 Å². The number of H-pyrrole nitrogens is 1. The van der Waals surface area contributed by atoms with Crippen molar-refractivity contribution in [2.45, 2.75) is 6.17 Å². The van der Waals surface area contributed by atoms with E-state index in [1.165, 1.54) is 0 Å². The third kappa shape index (κ3) is 1.68. The van der Waals surface area contributed by atoms with Crippen LogP contribution in [0.4, 0.5) is 5.82 Å². The van der Waals surface area contributed by atoms with Crippen LogP contribution in [0.3, 0.4) is 0 Å². The molecule has 0 saturated carbocycles. The zero-order valence-electron chi connectivity index (χ0n) is 8.61. The minimum Gasteiger partial charge on any atom is -0.379 e. The number of hydrogen-bond donors (Lipinski definition) is 2. The van der Waals surface area contributed by atoms with Gasteiger partial charge in [0.1, 0.15) is 6.17 Å². The summed E-state index contributed by atoms with van der Waals surface area (Å²) < 4.78 is 5.32. The third-order valence-corrected chi connectivity index (χ3v) is 2.97. The summed E-state index contributed by atoms with van der Waals surface area (Å²) in [6.45, 7) is 3.19. The highest BCUT2D eigenvalue weighted by Crippen LogP contribution is 2.30. The summed E-state index contributed by atoms with van der Waals surface area (Å²) in [5, 5.41) is 3.31. The Morgan fingerprint density at radius 2 is 2.25 bits per heavy atom. The first-order valence-corrected chi connectivity index (χ1v) is 5.58. The van der Waals surface area contributed by atoms with Gasteiger partial charge in [0.15, 0.2) is 11.1 Å². The number of amidine groups is 1.